The van der Waals surface area contributed by atoms with Gasteiger partial charge in [0.05, 0.1) is 21.3 Å². The Morgan fingerprint density at radius 3 is 2.20 bits per heavy atom. The highest BCUT2D eigenvalue weighted by Crippen LogP contribution is 2.34. The highest BCUT2D eigenvalue weighted by molar-refractivity contribution is 7.89. The molecule has 0 spiro atoms. The molecule has 30 heavy (non-hydrogen) atoms. The molecule has 0 unspecified atom stereocenters. The molecule has 0 saturated heterocycles. The smallest absolute Gasteiger partial charge is 0.246 e. The van der Waals surface area contributed by atoms with Gasteiger partial charge in [-0.05, 0) is 17.5 Å². The lowest BCUT2D eigenvalue weighted by molar-refractivity contribution is 0.348. The molecule has 0 atom stereocenters. The van der Waals surface area contributed by atoms with Crippen LogP contribution in [0.1, 0.15) is 10.4 Å². The van der Waals surface area contributed by atoms with Crippen molar-refractivity contribution in [2.45, 2.75) is 18.0 Å². The number of benzene rings is 2. The molecule has 3 rings (SSSR count). The van der Waals surface area contributed by atoms with Gasteiger partial charge >= 0.3 is 0 Å². The second kappa shape index (κ2) is 9.46. The second-order valence-corrected chi connectivity index (χ2v) is 9.24. The zero-order chi connectivity index (χ0) is 21.7. The van der Waals surface area contributed by atoms with Crippen LogP contribution in [-0.2, 0) is 23.1 Å². The summed E-state index contributed by atoms with van der Waals surface area (Å²) in [5, 5.41) is 1.86. The minimum atomic E-state index is -4.21. The molecular weight excluding hydrogens is 429 g/mol. The summed E-state index contributed by atoms with van der Waals surface area (Å²) in [5.74, 6) is -0.116. The van der Waals surface area contributed by atoms with Crippen molar-refractivity contribution in [3.8, 4) is 17.2 Å². The maximum atomic E-state index is 14.8. The van der Waals surface area contributed by atoms with Crippen molar-refractivity contribution < 1.29 is 27.0 Å². The van der Waals surface area contributed by atoms with Crippen LogP contribution in [0, 0.1) is 5.82 Å². The van der Waals surface area contributed by atoms with Crippen LogP contribution in [-0.4, -0.2) is 34.1 Å². The molecule has 0 radical (unpaired) electrons. The minimum absolute atomic E-state index is 0.0119. The van der Waals surface area contributed by atoms with E-state index in [1.807, 2.05) is 17.5 Å². The van der Waals surface area contributed by atoms with Crippen LogP contribution in [0.25, 0.3) is 0 Å². The molecule has 1 aromatic heterocycles. The van der Waals surface area contributed by atoms with E-state index in [4.69, 9.17) is 14.2 Å². The lowest BCUT2D eigenvalue weighted by atomic mass is 10.2. The van der Waals surface area contributed by atoms with Crippen molar-refractivity contribution in [3.63, 3.8) is 0 Å². The van der Waals surface area contributed by atoms with Crippen LogP contribution in [0.15, 0.2) is 58.8 Å². The van der Waals surface area contributed by atoms with Crippen molar-refractivity contribution in [2.75, 3.05) is 21.3 Å². The summed E-state index contributed by atoms with van der Waals surface area (Å²) in [6.45, 7) is 0.101. The van der Waals surface area contributed by atoms with Crippen LogP contribution in [0.5, 0.6) is 17.2 Å². The quantitative estimate of drug-likeness (QED) is 0.485. The van der Waals surface area contributed by atoms with Gasteiger partial charge in [-0.1, -0.05) is 24.3 Å². The number of nitrogens with zero attached hydrogens (tertiary/aromatic N) is 1. The van der Waals surface area contributed by atoms with Gasteiger partial charge in [0.1, 0.15) is 16.5 Å². The van der Waals surface area contributed by atoms with Gasteiger partial charge in [-0.25, -0.2) is 12.8 Å². The topological polar surface area (TPSA) is 65.1 Å². The molecule has 0 aliphatic heterocycles. The number of halogens is 1. The SMILES string of the molecule is COc1ccccc1CN(Cc1cccs1)S(=O)(=O)c1cc(OC)c(OC)cc1F. The van der Waals surface area contributed by atoms with E-state index in [9.17, 15) is 12.8 Å². The fourth-order valence-electron chi connectivity index (χ4n) is 3.00. The van der Waals surface area contributed by atoms with Gasteiger partial charge < -0.3 is 14.2 Å². The summed E-state index contributed by atoms with van der Waals surface area (Å²) in [7, 11) is 0.0270. The Balaban J connectivity index is 2.08. The van der Waals surface area contributed by atoms with Crippen molar-refractivity contribution in [2.24, 2.45) is 0 Å². The number of thiophene rings is 1. The van der Waals surface area contributed by atoms with Gasteiger partial charge in [0, 0.05) is 35.7 Å². The highest BCUT2D eigenvalue weighted by Gasteiger charge is 2.30. The summed E-state index contributed by atoms with van der Waals surface area (Å²) in [4.78, 5) is 0.348. The Morgan fingerprint density at radius 1 is 0.900 bits per heavy atom. The molecule has 3 aromatic rings. The normalized spacial score (nSPS) is 11.5. The summed E-state index contributed by atoms with van der Waals surface area (Å²) < 4.78 is 58.6. The first-order valence-corrected chi connectivity index (χ1v) is 11.3. The Morgan fingerprint density at radius 2 is 1.57 bits per heavy atom. The molecule has 1 heterocycles. The third kappa shape index (κ3) is 4.58. The summed E-state index contributed by atoms with van der Waals surface area (Å²) in [5.41, 5.74) is 0.668. The first-order valence-electron chi connectivity index (χ1n) is 8.96. The first-order chi connectivity index (χ1) is 14.4. The number of methoxy groups -OCH3 is 3. The largest absolute Gasteiger partial charge is 0.496 e. The zero-order valence-corrected chi connectivity index (χ0v) is 18.4. The molecular formula is C21H22FNO5S2. The van der Waals surface area contributed by atoms with Crippen molar-refractivity contribution >= 4 is 21.4 Å². The minimum Gasteiger partial charge on any atom is -0.496 e. The van der Waals surface area contributed by atoms with E-state index in [-0.39, 0.29) is 24.6 Å². The van der Waals surface area contributed by atoms with Gasteiger partial charge in [-0.3, -0.25) is 0 Å². The number of rotatable bonds is 9. The lowest BCUT2D eigenvalue weighted by Crippen LogP contribution is -2.31. The maximum Gasteiger partial charge on any atom is 0.246 e. The summed E-state index contributed by atoms with van der Waals surface area (Å²) in [6, 6.07) is 13.0. The van der Waals surface area contributed by atoms with Gasteiger partial charge in [-0.15, -0.1) is 11.3 Å². The van der Waals surface area contributed by atoms with Crippen LogP contribution in [0.4, 0.5) is 4.39 Å². The van der Waals surface area contributed by atoms with Gasteiger partial charge in [0.15, 0.2) is 11.5 Å². The summed E-state index contributed by atoms with van der Waals surface area (Å²) >= 11 is 1.43. The Hall–Kier alpha value is -2.62. The van der Waals surface area contributed by atoms with Gasteiger partial charge in [0.2, 0.25) is 10.0 Å². The van der Waals surface area contributed by atoms with Gasteiger partial charge in [0.25, 0.3) is 0 Å². The molecule has 0 aliphatic carbocycles. The molecule has 0 N–H and O–H groups in total. The van der Waals surface area contributed by atoms with E-state index < -0.39 is 20.7 Å². The molecule has 6 nitrogen and oxygen atoms in total. The molecule has 0 amide bonds. The van der Waals surface area contributed by atoms with Crippen LogP contribution in [0.2, 0.25) is 0 Å². The Bertz CT molecular complexity index is 1100. The molecule has 9 heteroatoms. The molecule has 0 bridgehead atoms. The monoisotopic (exact) mass is 451 g/mol. The van der Waals surface area contributed by atoms with E-state index in [0.29, 0.717) is 11.3 Å². The Kier molecular flexibility index (Phi) is 6.96. The third-order valence-electron chi connectivity index (χ3n) is 4.51. The lowest BCUT2D eigenvalue weighted by Gasteiger charge is -2.23. The van der Waals surface area contributed by atoms with Gasteiger partial charge in [-0.2, -0.15) is 4.31 Å². The molecule has 160 valence electrons. The molecule has 0 saturated carbocycles. The molecule has 0 fully saturated rings. The van der Waals surface area contributed by atoms with E-state index in [0.717, 1.165) is 17.0 Å². The molecule has 2 aromatic carbocycles. The predicted molar refractivity (Wildman–Crippen MR) is 113 cm³/mol. The standard InChI is InChI=1S/C21H22FNO5S2/c1-26-18-9-5-4-7-15(18)13-23(14-16-8-6-10-29-16)30(24,25)21-12-20(28-3)19(27-2)11-17(21)22/h4-12H,13-14H2,1-3H3. The number of ether oxygens (including phenoxy) is 3. The zero-order valence-electron chi connectivity index (χ0n) is 16.8. The number of hydrogen-bond donors (Lipinski definition) is 0. The fraction of sp³-hybridized carbons (Fsp3) is 0.238. The number of hydrogen-bond acceptors (Lipinski definition) is 6. The average Bonchev–Trinajstić information content (AvgIpc) is 3.26. The number of sulfonamides is 1. The van der Waals surface area contributed by atoms with Crippen LogP contribution >= 0.6 is 11.3 Å². The second-order valence-electron chi connectivity index (χ2n) is 6.30. The number of para-hydroxylation sites is 1. The van der Waals surface area contributed by atoms with E-state index in [2.05, 4.69) is 0 Å². The Labute approximate surface area is 179 Å². The van der Waals surface area contributed by atoms with Crippen molar-refractivity contribution in [1.82, 2.24) is 4.31 Å². The maximum absolute atomic E-state index is 14.8. The van der Waals surface area contributed by atoms with Crippen LogP contribution in [0.3, 0.4) is 0 Å². The van der Waals surface area contributed by atoms with Crippen molar-refractivity contribution in [1.29, 1.82) is 0 Å². The third-order valence-corrected chi connectivity index (χ3v) is 7.18. The highest BCUT2D eigenvalue weighted by atomic mass is 32.2. The summed E-state index contributed by atoms with van der Waals surface area (Å²) in [6.07, 6.45) is 0. The van der Waals surface area contributed by atoms with Crippen molar-refractivity contribution in [3.05, 3.63) is 70.2 Å². The van der Waals surface area contributed by atoms with E-state index in [1.54, 1.807) is 24.3 Å². The molecule has 0 aliphatic rings. The van der Waals surface area contributed by atoms with E-state index >= 15 is 0 Å². The average molecular weight is 452 g/mol. The predicted octanol–water partition coefficient (Wildman–Crippen LogP) is 4.30. The van der Waals surface area contributed by atoms with Crippen LogP contribution < -0.4 is 14.2 Å². The first kappa shape index (κ1) is 22.1. The van der Waals surface area contributed by atoms with E-state index in [1.165, 1.54) is 37.0 Å². The fourth-order valence-corrected chi connectivity index (χ4v) is 5.26.